The van der Waals surface area contributed by atoms with Crippen LogP contribution in [0.4, 0.5) is 0 Å². The van der Waals surface area contributed by atoms with Crippen molar-refractivity contribution in [2.45, 2.75) is 11.5 Å². The summed E-state index contributed by atoms with van der Waals surface area (Å²) in [5.41, 5.74) is 0.778. The van der Waals surface area contributed by atoms with Gasteiger partial charge in [0.05, 0.1) is 12.1 Å². The molecule has 4 heteroatoms. The molecular weight excluding hydrogens is 264 g/mol. The number of para-hydroxylation sites is 1. The molecule has 0 radical (unpaired) electrons. The van der Waals surface area contributed by atoms with Crippen molar-refractivity contribution in [1.82, 2.24) is 0 Å². The normalized spacial score (nSPS) is 26.7. The van der Waals surface area contributed by atoms with E-state index in [2.05, 4.69) is 10.2 Å². The minimum Gasteiger partial charge on any atom is -0.490 e. The molecule has 21 heavy (non-hydrogen) atoms. The van der Waals surface area contributed by atoms with Crippen molar-refractivity contribution in [3.05, 3.63) is 65.7 Å². The number of rotatable bonds is 1. The molecule has 0 saturated heterocycles. The molecule has 2 aromatic carbocycles. The van der Waals surface area contributed by atoms with E-state index in [9.17, 15) is 4.79 Å². The van der Waals surface area contributed by atoms with Gasteiger partial charge in [-0.1, -0.05) is 42.5 Å². The van der Waals surface area contributed by atoms with Crippen LogP contribution in [-0.4, -0.2) is 24.5 Å². The summed E-state index contributed by atoms with van der Waals surface area (Å²) in [6.45, 7) is 0.785. The van der Waals surface area contributed by atoms with Gasteiger partial charge in [-0.25, -0.2) is 0 Å². The van der Waals surface area contributed by atoms with Crippen molar-refractivity contribution in [2.75, 3.05) is 13.2 Å². The number of fused-ring (bicyclic) bond motifs is 1. The molecule has 104 valence electrons. The Morgan fingerprint density at radius 3 is 2.67 bits per heavy atom. The Kier molecular flexibility index (Phi) is 2.64. The average Bonchev–Trinajstić information content (AvgIpc) is 2.97. The SMILES string of the molecule is O=C1c2ccccc2OC[C@]12N=NC[C@H]2c1ccccc1. The lowest BCUT2D eigenvalue weighted by atomic mass is 9.75. The summed E-state index contributed by atoms with van der Waals surface area (Å²) in [6, 6.07) is 17.3. The van der Waals surface area contributed by atoms with E-state index in [1.165, 1.54) is 0 Å². The molecule has 2 aliphatic heterocycles. The quantitative estimate of drug-likeness (QED) is 0.804. The first-order valence-corrected chi connectivity index (χ1v) is 7.01. The van der Waals surface area contributed by atoms with Crippen LogP contribution in [0.3, 0.4) is 0 Å². The molecule has 4 nitrogen and oxygen atoms in total. The van der Waals surface area contributed by atoms with Gasteiger partial charge in [0.2, 0.25) is 0 Å². The number of azo groups is 1. The number of carbonyl (C=O) groups is 1. The third kappa shape index (κ3) is 1.72. The molecule has 2 heterocycles. The maximum absolute atomic E-state index is 13.0. The molecule has 4 rings (SSSR count). The minimum atomic E-state index is -0.907. The highest BCUT2D eigenvalue weighted by atomic mass is 16.5. The molecule has 0 fully saturated rings. The first-order chi connectivity index (χ1) is 10.3. The monoisotopic (exact) mass is 278 g/mol. The predicted octanol–water partition coefficient (Wildman–Crippen LogP) is 3.25. The smallest absolute Gasteiger partial charge is 0.200 e. The van der Waals surface area contributed by atoms with Gasteiger partial charge in [-0.15, -0.1) is 0 Å². The van der Waals surface area contributed by atoms with Gasteiger partial charge in [-0.05, 0) is 17.7 Å². The molecular formula is C17H14N2O2. The first kappa shape index (κ1) is 12.3. The van der Waals surface area contributed by atoms with Crippen LogP contribution in [-0.2, 0) is 0 Å². The van der Waals surface area contributed by atoms with Gasteiger partial charge in [-0.3, -0.25) is 4.79 Å². The number of carbonyl (C=O) groups excluding carboxylic acids is 1. The van der Waals surface area contributed by atoms with E-state index < -0.39 is 5.54 Å². The third-order valence-electron chi connectivity index (χ3n) is 4.26. The Labute approximate surface area is 122 Å². The highest BCUT2D eigenvalue weighted by molar-refractivity contribution is 6.07. The standard InChI is InChI=1S/C17H14N2O2/c20-16-13-8-4-5-9-15(13)21-11-17(16)14(10-18-19-17)12-6-2-1-3-7-12/h1-9,14H,10-11H2/t14-,17+/m0/s1. The number of ketones is 1. The molecule has 0 amide bonds. The number of ether oxygens (including phenoxy) is 1. The average molecular weight is 278 g/mol. The lowest BCUT2D eigenvalue weighted by Gasteiger charge is -2.34. The summed E-state index contributed by atoms with van der Waals surface area (Å²) >= 11 is 0. The number of nitrogens with zero attached hydrogens (tertiary/aromatic N) is 2. The summed E-state index contributed by atoms with van der Waals surface area (Å²) < 4.78 is 5.81. The molecule has 1 spiro atoms. The summed E-state index contributed by atoms with van der Waals surface area (Å²) in [7, 11) is 0. The topological polar surface area (TPSA) is 51.0 Å². The molecule has 0 unspecified atom stereocenters. The Hall–Kier alpha value is -2.49. The van der Waals surface area contributed by atoms with E-state index in [0.29, 0.717) is 17.9 Å². The minimum absolute atomic E-state index is 0.0134. The Balaban J connectivity index is 1.81. The Morgan fingerprint density at radius 2 is 1.81 bits per heavy atom. The molecule has 2 aliphatic rings. The van der Waals surface area contributed by atoms with E-state index in [1.54, 1.807) is 6.07 Å². The van der Waals surface area contributed by atoms with E-state index in [-0.39, 0.29) is 18.3 Å². The van der Waals surface area contributed by atoms with E-state index in [0.717, 1.165) is 5.56 Å². The van der Waals surface area contributed by atoms with Gasteiger partial charge in [-0.2, -0.15) is 10.2 Å². The largest absolute Gasteiger partial charge is 0.490 e. The van der Waals surface area contributed by atoms with Crippen molar-refractivity contribution < 1.29 is 9.53 Å². The van der Waals surface area contributed by atoms with Crippen molar-refractivity contribution in [2.24, 2.45) is 10.2 Å². The third-order valence-corrected chi connectivity index (χ3v) is 4.26. The van der Waals surface area contributed by atoms with Crippen molar-refractivity contribution in [3.8, 4) is 5.75 Å². The molecule has 2 atom stereocenters. The molecule has 0 saturated carbocycles. The summed E-state index contributed by atoms with van der Waals surface area (Å²) in [5, 5.41) is 8.48. The lowest BCUT2D eigenvalue weighted by Crippen LogP contribution is -2.49. The Morgan fingerprint density at radius 1 is 1.05 bits per heavy atom. The Bertz CT molecular complexity index is 727. The van der Waals surface area contributed by atoms with Gasteiger partial charge in [0, 0.05) is 5.92 Å². The van der Waals surface area contributed by atoms with Crippen LogP contribution in [0.2, 0.25) is 0 Å². The number of benzene rings is 2. The van der Waals surface area contributed by atoms with Crippen LogP contribution in [0, 0.1) is 0 Å². The number of Topliss-reactive ketones (excluding diaryl/α,β-unsaturated/α-hetero) is 1. The van der Waals surface area contributed by atoms with Gasteiger partial charge in [0.15, 0.2) is 11.3 Å². The number of hydrogen-bond donors (Lipinski definition) is 0. The molecule has 0 aromatic heterocycles. The van der Waals surface area contributed by atoms with E-state index >= 15 is 0 Å². The fourth-order valence-electron chi connectivity index (χ4n) is 3.14. The second-order valence-corrected chi connectivity index (χ2v) is 5.43. The highest BCUT2D eigenvalue weighted by Gasteiger charge is 2.53. The van der Waals surface area contributed by atoms with Gasteiger partial charge < -0.3 is 4.74 Å². The second-order valence-electron chi connectivity index (χ2n) is 5.43. The summed E-state index contributed by atoms with van der Waals surface area (Å²) in [4.78, 5) is 13.0. The van der Waals surface area contributed by atoms with Crippen LogP contribution in [0.15, 0.2) is 64.8 Å². The number of hydrogen-bond acceptors (Lipinski definition) is 4. The zero-order chi connectivity index (χ0) is 14.3. The lowest BCUT2D eigenvalue weighted by molar-refractivity contribution is 0.0759. The molecule has 0 bridgehead atoms. The van der Waals surface area contributed by atoms with Crippen LogP contribution >= 0.6 is 0 Å². The van der Waals surface area contributed by atoms with Crippen molar-refractivity contribution >= 4 is 5.78 Å². The zero-order valence-corrected chi connectivity index (χ0v) is 11.4. The summed E-state index contributed by atoms with van der Waals surface area (Å²) in [6.07, 6.45) is 0. The van der Waals surface area contributed by atoms with Crippen LogP contribution in [0.1, 0.15) is 21.8 Å². The molecule has 0 aliphatic carbocycles. The highest BCUT2D eigenvalue weighted by Crippen LogP contribution is 2.43. The van der Waals surface area contributed by atoms with Crippen LogP contribution in [0.25, 0.3) is 0 Å². The maximum Gasteiger partial charge on any atom is 0.200 e. The second kappa shape index (κ2) is 4.52. The fraction of sp³-hybridized carbons (Fsp3) is 0.235. The van der Waals surface area contributed by atoms with Crippen LogP contribution in [0.5, 0.6) is 5.75 Å². The maximum atomic E-state index is 13.0. The molecule has 0 N–H and O–H groups in total. The summed E-state index contributed by atoms with van der Waals surface area (Å²) in [5.74, 6) is 0.598. The predicted molar refractivity (Wildman–Crippen MR) is 77.9 cm³/mol. The van der Waals surface area contributed by atoms with E-state index in [4.69, 9.17) is 4.74 Å². The van der Waals surface area contributed by atoms with Crippen molar-refractivity contribution in [1.29, 1.82) is 0 Å². The molecule has 2 aromatic rings. The van der Waals surface area contributed by atoms with Gasteiger partial charge in [0.25, 0.3) is 0 Å². The zero-order valence-electron chi connectivity index (χ0n) is 11.4. The van der Waals surface area contributed by atoms with Crippen LogP contribution < -0.4 is 4.74 Å². The van der Waals surface area contributed by atoms with Gasteiger partial charge in [0.1, 0.15) is 12.4 Å². The first-order valence-electron chi connectivity index (χ1n) is 7.01. The van der Waals surface area contributed by atoms with E-state index in [1.807, 2.05) is 48.5 Å². The fourth-order valence-corrected chi connectivity index (χ4v) is 3.14. The van der Waals surface area contributed by atoms with Gasteiger partial charge >= 0.3 is 0 Å². The van der Waals surface area contributed by atoms with Crippen molar-refractivity contribution in [3.63, 3.8) is 0 Å².